The van der Waals surface area contributed by atoms with Crippen LogP contribution in [0.5, 0.6) is 0 Å². The van der Waals surface area contributed by atoms with Gasteiger partial charge in [0.2, 0.25) is 0 Å². The Kier molecular flexibility index (Phi) is 5.09. The van der Waals surface area contributed by atoms with Gasteiger partial charge >= 0.3 is 5.97 Å². The van der Waals surface area contributed by atoms with Gasteiger partial charge < -0.3 is 14.6 Å². The number of aromatic carboxylic acids is 1. The minimum absolute atomic E-state index is 0.0379. The molecule has 1 saturated carbocycles. The van der Waals surface area contributed by atoms with Crippen molar-refractivity contribution >= 4 is 5.97 Å². The van der Waals surface area contributed by atoms with Crippen molar-refractivity contribution in [2.75, 3.05) is 7.11 Å². The van der Waals surface area contributed by atoms with Crippen LogP contribution < -0.4 is 0 Å². The number of carboxylic acids is 1. The van der Waals surface area contributed by atoms with E-state index in [1.807, 2.05) is 0 Å². The number of carboxylic acid groups (broad SMARTS) is 1. The highest BCUT2D eigenvalue weighted by atomic mass is 19.1. The van der Waals surface area contributed by atoms with E-state index in [2.05, 4.69) is 0 Å². The SMILES string of the molecule is COC1CCCC(OCc2ccc(F)cc2C(=O)O)C1. The predicted molar refractivity (Wildman–Crippen MR) is 71.2 cm³/mol. The number of benzene rings is 1. The van der Waals surface area contributed by atoms with E-state index >= 15 is 0 Å². The average Bonchev–Trinajstić information content (AvgIpc) is 2.46. The molecule has 4 nitrogen and oxygen atoms in total. The van der Waals surface area contributed by atoms with E-state index in [1.54, 1.807) is 7.11 Å². The molecule has 5 heteroatoms. The zero-order chi connectivity index (χ0) is 14.5. The van der Waals surface area contributed by atoms with Gasteiger partial charge in [0, 0.05) is 7.11 Å². The lowest BCUT2D eigenvalue weighted by Gasteiger charge is -2.28. The molecule has 1 aliphatic rings. The maximum absolute atomic E-state index is 13.1. The first-order valence-corrected chi connectivity index (χ1v) is 6.76. The molecule has 20 heavy (non-hydrogen) atoms. The lowest BCUT2D eigenvalue weighted by Crippen LogP contribution is -2.27. The summed E-state index contributed by atoms with van der Waals surface area (Å²) >= 11 is 0. The van der Waals surface area contributed by atoms with Crippen molar-refractivity contribution in [1.82, 2.24) is 0 Å². The second-order valence-electron chi connectivity index (χ2n) is 5.06. The van der Waals surface area contributed by atoms with Gasteiger partial charge in [-0.05, 0) is 43.4 Å². The van der Waals surface area contributed by atoms with E-state index in [0.717, 1.165) is 31.7 Å². The first-order chi connectivity index (χ1) is 9.60. The Morgan fingerprint density at radius 2 is 2.15 bits per heavy atom. The fraction of sp³-hybridized carbons (Fsp3) is 0.533. The zero-order valence-corrected chi connectivity index (χ0v) is 11.5. The molecule has 0 aliphatic heterocycles. The second kappa shape index (κ2) is 6.81. The fourth-order valence-corrected chi connectivity index (χ4v) is 2.55. The van der Waals surface area contributed by atoms with Crippen molar-refractivity contribution in [2.24, 2.45) is 0 Å². The highest BCUT2D eigenvalue weighted by Gasteiger charge is 2.22. The Hall–Kier alpha value is -1.46. The third-order valence-electron chi connectivity index (χ3n) is 3.69. The summed E-state index contributed by atoms with van der Waals surface area (Å²) in [7, 11) is 1.69. The van der Waals surface area contributed by atoms with Crippen LogP contribution in [0.15, 0.2) is 18.2 Å². The van der Waals surface area contributed by atoms with Crippen LogP contribution in [0.25, 0.3) is 0 Å². The molecule has 110 valence electrons. The van der Waals surface area contributed by atoms with E-state index < -0.39 is 11.8 Å². The molecule has 1 N–H and O–H groups in total. The van der Waals surface area contributed by atoms with Gasteiger partial charge in [0.1, 0.15) is 5.82 Å². The third kappa shape index (κ3) is 3.77. The molecule has 2 rings (SSSR count). The van der Waals surface area contributed by atoms with Crippen molar-refractivity contribution in [2.45, 2.75) is 44.5 Å². The van der Waals surface area contributed by atoms with Crippen LogP contribution in [0.2, 0.25) is 0 Å². The fourth-order valence-electron chi connectivity index (χ4n) is 2.55. The molecule has 0 radical (unpaired) electrons. The van der Waals surface area contributed by atoms with E-state index in [1.165, 1.54) is 12.1 Å². The first-order valence-electron chi connectivity index (χ1n) is 6.76. The number of hydrogen-bond acceptors (Lipinski definition) is 3. The van der Waals surface area contributed by atoms with Gasteiger partial charge in [0.05, 0.1) is 24.4 Å². The summed E-state index contributed by atoms with van der Waals surface area (Å²) in [5, 5.41) is 9.06. The Balaban J connectivity index is 1.98. The second-order valence-corrected chi connectivity index (χ2v) is 5.06. The topological polar surface area (TPSA) is 55.8 Å². The van der Waals surface area contributed by atoms with Gasteiger partial charge in [0.25, 0.3) is 0 Å². The van der Waals surface area contributed by atoms with Gasteiger partial charge in [-0.25, -0.2) is 9.18 Å². The molecule has 2 atom stereocenters. The van der Waals surface area contributed by atoms with Crippen LogP contribution in [0.3, 0.4) is 0 Å². The van der Waals surface area contributed by atoms with Gasteiger partial charge in [-0.15, -0.1) is 0 Å². The summed E-state index contributed by atoms with van der Waals surface area (Å²) in [5.74, 6) is -1.69. The van der Waals surface area contributed by atoms with Crippen LogP contribution >= 0.6 is 0 Å². The number of hydrogen-bond donors (Lipinski definition) is 1. The summed E-state index contributed by atoms with van der Waals surface area (Å²) in [4.78, 5) is 11.1. The molecular weight excluding hydrogens is 263 g/mol. The number of carbonyl (C=O) groups is 1. The van der Waals surface area contributed by atoms with Gasteiger partial charge in [-0.2, -0.15) is 0 Å². The normalized spacial score (nSPS) is 22.7. The van der Waals surface area contributed by atoms with Crippen LogP contribution in [0.1, 0.15) is 41.6 Å². The molecule has 0 bridgehead atoms. The predicted octanol–water partition coefficient (Wildman–Crippen LogP) is 3.00. The molecule has 0 spiro atoms. The zero-order valence-electron chi connectivity index (χ0n) is 11.5. The largest absolute Gasteiger partial charge is 0.478 e. The molecule has 1 aliphatic carbocycles. The summed E-state index contributed by atoms with van der Waals surface area (Å²) in [5.41, 5.74) is 0.461. The third-order valence-corrected chi connectivity index (χ3v) is 3.69. The standard InChI is InChI=1S/C15H19FO4/c1-19-12-3-2-4-13(8-12)20-9-10-5-6-11(16)7-14(10)15(17)18/h5-7,12-13H,2-4,8-9H2,1H3,(H,17,18). The van der Waals surface area contributed by atoms with Crippen molar-refractivity contribution < 1.29 is 23.8 Å². The number of ether oxygens (including phenoxy) is 2. The quantitative estimate of drug-likeness (QED) is 0.902. The van der Waals surface area contributed by atoms with Crippen molar-refractivity contribution in [1.29, 1.82) is 0 Å². The van der Waals surface area contributed by atoms with Crippen molar-refractivity contribution in [3.05, 3.63) is 35.1 Å². The molecule has 0 heterocycles. The highest BCUT2D eigenvalue weighted by molar-refractivity contribution is 5.89. The van der Waals surface area contributed by atoms with E-state index in [4.69, 9.17) is 14.6 Å². The maximum atomic E-state index is 13.1. The van der Waals surface area contributed by atoms with Crippen molar-refractivity contribution in [3.8, 4) is 0 Å². The molecule has 1 fully saturated rings. The van der Waals surface area contributed by atoms with Crippen LogP contribution in [-0.2, 0) is 16.1 Å². The van der Waals surface area contributed by atoms with Crippen LogP contribution in [-0.4, -0.2) is 30.4 Å². The van der Waals surface area contributed by atoms with Crippen LogP contribution in [0, 0.1) is 5.82 Å². The van der Waals surface area contributed by atoms with Gasteiger partial charge in [0.15, 0.2) is 0 Å². The van der Waals surface area contributed by atoms with E-state index in [0.29, 0.717) is 5.56 Å². The van der Waals surface area contributed by atoms with E-state index in [-0.39, 0.29) is 24.4 Å². The number of halogens is 1. The minimum Gasteiger partial charge on any atom is -0.478 e. The maximum Gasteiger partial charge on any atom is 0.336 e. The van der Waals surface area contributed by atoms with Crippen molar-refractivity contribution in [3.63, 3.8) is 0 Å². The monoisotopic (exact) mass is 282 g/mol. The van der Waals surface area contributed by atoms with Gasteiger partial charge in [-0.3, -0.25) is 0 Å². The minimum atomic E-state index is -1.14. The average molecular weight is 282 g/mol. The molecule has 2 unspecified atom stereocenters. The lowest BCUT2D eigenvalue weighted by molar-refractivity contribution is -0.0365. The summed E-state index contributed by atoms with van der Waals surface area (Å²) < 4.78 is 24.2. The summed E-state index contributed by atoms with van der Waals surface area (Å²) in [6.07, 6.45) is 4.12. The number of methoxy groups -OCH3 is 1. The molecule has 0 aromatic heterocycles. The Bertz CT molecular complexity index is 475. The molecule has 0 amide bonds. The molecule has 0 saturated heterocycles. The first kappa shape index (κ1) is 14.9. The smallest absolute Gasteiger partial charge is 0.336 e. The summed E-state index contributed by atoms with van der Waals surface area (Å²) in [6, 6.07) is 3.75. The lowest BCUT2D eigenvalue weighted by atomic mass is 9.95. The Labute approximate surface area is 117 Å². The number of rotatable bonds is 5. The Morgan fingerprint density at radius 1 is 1.40 bits per heavy atom. The molecule has 1 aromatic rings. The summed E-state index contributed by atoms with van der Waals surface area (Å²) in [6.45, 7) is 0.184. The van der Waals surface area contributed by atoms with Gasteiger partial charge in [-0.1, -0.05) is 6.07 Å². The highest BCUT2D eigenvalue weighted by Crippen LogP contribution is 2.24. The Morgan fingerprint density at radius 3 is 2.85 bits per heavy atom. The molecular formula is C15H19FO4. The molecule has 1 aromatic carbocycles. The van der Waals surface area contributed by atoms with E-state index in [9.17, 15) is 9.18 Å². The van der Waals surface area contributed by atoms with Crippen LogP contribution in [0.4, 0.5) is 4.39 Å².